The highest BCUT2D eigenvalue weighted by Crippen LogP contribution is 2.27. The molecule has 1 aromatic carbocycles. The molecule has 0 saturated carbocycles. The zero-order valence-electron chi connectivity index (χ0n) is 16.6. The van der Waals surface area contributed by atoms with Crippen molar-refractivity contribution in [1.82, 2.24) is 4.90 Å². The number of esters is 1. The highest BCUT2D eigenvalue weighted by molar-refractivity contribution is 7.85. The van der Waals surface area contributed by atoms with Gasteiger partial charge in [0.05, 0.1) is 18.8 Å². The van der Waals surface area contributed by atoms with Crippen LogP contribution in [0.4, 0.5) is 4.79 Å². The van der Waals surface area contributed by atoms with E-state index in [0.717, 1.165) is 11.8 Å². The molecule has 0 bridgehead atoms. The number of carbonyl (C=O) groups excluding carboxylic acids is 2. The molecule has 1 aliphatic rings. The van der Waals surface area contributed by atoms with Crippen LogP contribution in [0.1, 0.15) is 26.3 Å². The summed E-state index contributed by atoms with van der Waals surface area (Å²) in [6.07, 6.45) is 0.381. The minimum atomic E-state index is -3.67. The van der Waals surface area contributed by atoms with Crippen LogP contribution < -0.4 is 0 Å². The Kier molecular flexibility index (Phi) is 7.06. The van der Waals surface area contributed by atoms with Gasteiger partial charge in [-0.25, -0.2) is 4.79 Å². The minimum absolute atomic E-state index is 0.0837. The Morgan fingerprint density at radius 2 is 1.79 bits per heavy atom. The van der Waals surface area contributed by atoms with Crippen LogP contribution in [0.5, 0.6) is 0 Å². The second kappa shape index (κ2) is 8.91. The number of benzene rings is 1. The average Bonchev–Trinajstić information content (AvgIpc) is 3.01. The molecule has 8 nitrogen and oxygen atoms in total. The van der Waals surface area contributed by atoms with E-state index >= 15 is 0 Å². The molecule has 2 atom stereocenters. The van der Waals surface area contributed by atoms with Crippen molar-refractivity contribution < 1.29 is 31.7 Å². The fraction of sp³-hybridized carbons (Fsp3) is 0.579. The lowest BCUT2D eigenvalue weighted by atomic mass is 9.97. The summed E-state index contributed by atoms with van der Waals surface area (Å²) in [6, 6.07) is 9.20. The molecule has 9 heteroatoms. The predicted molar refractivity (Wildman–Crippen MR) is 102 cm³/mol. The van der Waals surface area contributed by atoms with E-state index in [0.29, 0.717) is 0 Å². The molecule has 1 aliphatic heterocycles. The van der Waals surface area contributed by atoms with Crippen molar-refractivity contribution in [2.45, 2.75) is 33.0 Å². The van der Waals surface area contributed by atoms with Gasteiger partial charge in [0.25, 0.3) is 10.1 Å². The second-order valence-electron chi connectivity index (χ2n) is 7.83. The second-order valence-corrected chi connectivity index (χ2v) is 9.48. The first-order valence-electron chi connectivity index (χ1n) is 8.97. The van der Waals surface area contributed by atoms with Crippen LogP contribution in [-0.4, -0.2) is 56.9 Å². The van der Waals surface area contributed by atoms with E-state index < -0.39 is 39.6 Å². The molecule has 1 fully saturated rings. The first kappa shape index (κ1) is 22.2. The Hall–Kier alpha value is -2.13. The predicted octanol–water partition coefficient (Wildman–Crippen LogP) is 2.19. The maximum absolute atomic E-state index is 12.6. The van der Waals surface area contributed by atoms with Crippen molar-refractivity contribution in [1.29, 1.82) is 0 Å². The number of rotatable bonds is 6. The maximum Gasteiger partial charge on any atom is 0.410 e. The van der Waals surface area contributed by atoms with Crippen molar-refractivity contribution in [3.63, 3.8) is 0 Å². The molecular formula is C19H27NO7S. The summed E-state index contributed by atoms with van der Waals surface area (Å²) in [5.41, 5.74) is 0.156. The standard InChI is InChI=1S/C19H27NO7S/c1-19(2,3)27-18(22)20-10-15(13-26-28(4,23)24)16(11-20)17(21)25-12-14-8-6-5-7-9-14/h5-9,15-16H,10-13H2,1-4H3/t15-,16+/m1/s1. The molecule has 1 amide bonds. The van der Waals surface area contributed by atoms with E-state index in [-0.39, 0.29) is 26.3 Å². The largest absolute Gasteiger partial charge is 0.461 e. The van der Waals surface area contributed by atoms with Gasteiger partial charge in [-0.2, -0.15) is 8.42 Å². The van der Waals surface area contributed by atoms with Gasteiger partial charge in [0.2, 0.25) is 0 Å². The molecule has 0 aromatic heterocycles. The molecule has 0 unspecified atom stereocenters. The smallest absolute Gasteiger partial charge is 0.410 e. The van der Waals surface area contributed by atoms with E-state index in [1.165, 1.54) is 4.90 Å². The van der Waals surface area contributed by atoms with Crippen molar-refractivity contribution in [2.24, 2.45) is 11.8 Å². The van der Waals surface area contributed by atoms with Crippen LogP contribution in [0.3, 0.4) is 0 Å². The molecule has 2 rings (SSSR count). The van der Waals surface area contributed by atoms with E-state index in [2.05, 4.69) is 0 Å². The van der Waals surface area contributed by atoms with Crippen LogP contribution in [0, 0.1) is 11.8 Å². The van der Waals surface area contributed by atoms with Crippen LogP contribution in [0.15, 0.2) is 30.3 Å². The van der Waals surface area contributed by atoms with Gasteiger partial charge in [0, 0.05) is 19.0 Å². The molecule has 0 radical (unpaired) electrons. The Bertz CT molecular complexity index is 786. The van der Waals surface area contributed by atoms with Crippen LogP contribution in [0.2, 0.25) is 0 Å². The zero-order chi connectivity index (χ0) is 20.9. The molecule has 0 aliphatic carbocycles. The van der Waals surface area contributed by atoms with E-state index in [4.69, 9.17) is 13.7 Å². The van der Waals surface area contributed by atoms with Gasteiger partial charge in [-0.15, -0.1) is 0 Å². The highest BCUT2D eigenvalue weighted by atomic mass is 32.2. The lowest BCUT2D eigenvalue weighted by molar-refractivity contribution is -0.151. The summed E-state index contributed by atoms with van der Waals surface area (Å²) in [7, 11) is -3.67. The molecule has 1 saturated heterocycles. The fourth-order valence-electron chi connectivity index (χ4n) is 2.83. The fourth-order valence-corrected chi connectivity index (χ4v) is 3.25. The minimum Gasteiger partial charge on any atom is -0.461 e. The van der Waals surface area contributed by atoms with E-state index in [1.54, 1.807) is 20.8 Å². The van der Waals surface area contributed by atoms with Crippen molar-refractivity contribution >= 4 is 22.2 Å². The number of hydrogen-bond acceptors (Lipinski definition) is 7. The quantitative estimate of drug-likeness (QED) is 0.521. The summed E-state index contributed by atoms with van der Waals surface area (Å²) < 4.78 is 38.3. The summed E-state index contributed by atoms with van der Waals surface area (Å²) in [6.45, 7) is 5.37. The summed E-state index contributed by atoms with van der Waals surface area (Å²) in [5, 5.41) is 0. The Morgan fingerprint density at radius 3 is 2.36 bits per heavy atom. The van der Waals surface area contributed by atoms with Crippen molar-refractivity contribution in [3.05, 3.63) is 35.9 Å². The lowest BCUT2D eigenvalue weighted by Gasteiger charge is -2.24. The summed E-state index contributed by atoms with van der Waals surface area (Å²) >= 11 is 0. The molecule has 156 valence electrons. The zero-order valence-corrected chi connectivity index (χ0v) is 17.4. The Morgan fingerprint density at radius 1 is 1.14 bits per heavy atom. The number of carbonyl (C=O) groups is 2. The number of ether oxygens (including phenoxy) is 2. The Balaban J connectivity index is 2.05. The van der Waals surface area contributed by atoms with Gasteiger partial charge in [-0.3, -0.25) is 8.98 Å². The monoisotopic (exact) mass is 413 g/mol. The van der Waals surface area contributed by atoms with Crippen LogP contribution >= 0.6 is 0 Å². The SMILES string of the molecule is CC(C)(C)OC(=O)N1C[C@H](COS(C)(=O)=O)[C@@H](C(=O)OCc2ccccc2)C1. The number of amides is 1. The third kappa shape index (κ3) is 7.12. The molecule has 0 spiro atoms. The highest BCUT2D eigenvalue weighted by Gasteiger charge is 2.42. The van der Waals surface area contributed by atoms with Gasteiger partial charge in [-0.05, 0) is 26.3 Å². The van der Waals surface area contributed by atoms with E-state index in [1.807, 2.05) is 30.3 Å². The van der Waals surface area contributed by atoms with E-state index in [9.17, 15) is 18.0 Å². The number of likely N-dealkylation sites (tertiary alicyclic amines) is 1. The van der Waals surface area contributed by atoms with Crippen LogP contribution in [-0.2, 0) is 35.2 Å². The van der Waals surface area contributed by atoms with Gasteiger partial charge in [0.15, 0.2) is 0 Å². The first-order valence-corrected chi connectivity index (χ1v) is 10.8. The molecule has 1 aromatic rings. The van der Waals surface area contributed by atoms with Crippen LogP contribution in [0.25, 0.3) is 0 Å². The van der Waals surface area contributed by atoms with Crippen molar-refractivity contribution in [3.8, 4) is 0 Å². The number of nitrogens with zero attached hydrogens (tertiary/aromatic N) is 1. The molecule has 0 N–H and O–H groups in total. The first-order chi connectivity index (χ1) is 12.9. The van der Waals surface area contributed by atoms with Gasteiger partial charge in [0.1, 0.15) is 12.2 Å². The average molecular weight is 413 g/mol. The third-order valence-corrected chi connectivity index (χ3v) is 4.68. The summed E-state index contributed by atoms with van der Waals surface area (Å²) in [4.78, 5) is 26.3. The van der Waals surface area contributed by atoms with Gasteiger partial charge < -0.3 is 14.4 Å². The summed E-state index contributed by atoms with van der Waals surface area (Å²) in [5.74, 6) is -1.71. The van der Waals surface area contributed by atoms with Gasteiger partial charge >= 0.3 is 12.1 Å². The molecule has 28 heavy (non-hydrogen) atoms. The molecular weight excluding hydrogens is 386 g/mol. The third-order valence-electron chi connectivity index (χ3n) is 4.12. The normalized spacial score (nSPS) is 20.1. The number of hydrogen-bond donors (Lipinski definition) is 0. The van der Waals surface area contributed by atoms with Gasteiger partial charge in [-0.1, -0.05) is 30.3 Å². The van der Waals surface area contributed by atoms with Crippen molar-refractivity contribution in [2.75, 3.05) is 26.0 Å². The molecule has 1 heterocycles. The maximum atomic E-state index is 12.6. The topological polar surface area (TPSA) is 99.2 Å². The Labute approximate surface area is 165 Å². The lowest BCUT2D eigenvalue weighted by Crippen LogP contribution is -2.36.